The van der Waals surface area contributed by atoms with Crippen LogP contribution in [0, 0.1) is 0 Å². The van der Waals surface area contributed by atoms with Crippen molar-refractivity contribution in [1.82, 2.24) is 0 Å². The van der Waals surface area contributed by atoms with Crippen LogP contribution < -0.4 is 0 Å². The number of benzene rings is 2. The third-order valence-corrected chi connectivity index (χ3v) is 2.17. The van der Waals surface area contributed by atoms with E-state index >= 15 is 0 Å². The number of hydrogen-bond acceptors (Lipinski definition) is 0. The van der Waals surface area contributed by atoms with Crippen molar-refractivity contribution >= 4 is 16.8 Å². The summed E-state index contributed by atoms with van der Waals surface area (Å²) in [6.45, 7) is 2.04. The second-order valence-corrected chi connectivity index (χ2v) is 3.07. The zero-order chi connectivity index (χ0) is 9.10. The molecule has 64 valence electrons. The molecule has 0 nitrogen and oxygen atoms in total. The van der Waals surface area contributed by atoms with Gasteiger partial charge in [-0.2, -0.15) is 0 Å². The molecule has 13 heavy (non-hydrogen) atoms. The van der Waals surface area contributed by atoms with E-state index in [1.165, 1.54) is 16.3 Å². The number of fused-ring (bicyclic) bond motifs is 1. The minimum Gasteiger partial charge on any atom is -0.0870 e. The Morgan fingerprint density at radius 1 is 0.923 bits per heavy atom. The van der Waals surface area contributed by atoms with Crippen LogP contribution in [0.2, 0.25) is 0 Å². The Morgan fingerprint density at radius 2 is 1.69 bits per heavy atom. The van der Waals surface area contributed by atoms with Gasteiger partial charge < -0.3 is 0 Å². The first-order chi connectivity index (χ1) is 6.42. The Labute approximate surface area is 78.5 Å². The van der Waals surface area contributed by atoms with Gasteiger partial charge in [-0.15, -0.1) is 0 Å². The van der Waals surface area contributed by atoms with Gasteiger partial charge in [-0.1, -0.05) is 54.6 Å². The van der Waals surface area contributed by atoms with E-state index in [0.29, 0.717) is 0 Å². The van der Waals surface area contributed by atoms with Crippen LogP contribution in [-0.4, -0.2) is 0 Å². The maximum atomic E-state index is 2.16. The van der Waals surface area contributed by atoms with Gasteiger partial charge in [0.15, 0.2) is 0 Å². The Bertz CT molecular complexity index is 433. The van der Waals surface area contributed by atoms with Crippen LogP contribution in [0.3, 0.4) is 0 Å². The fourth-order valence-electron chi connectivity index (χ4n) is 1.58. The molecule has 0 aromatic heterocycles. The van der Waals surface area contributed by atoms with Crippen LogP contribution in [0.1, 0.15) is 12.5 Å². The van der Waals surface area contributed by atoms with Crippen molar-refractivity contribution in [2.45, 2.75) is 6.92 Å². The molecule has 0 N–H and O–H groups in total. The van der Waals surface area contributed by atoms with Crippen LogP contribution in [0.25, 0.3) is 16.8 Å². The molecule has 0 saturated carbocycles. The molecule has 0 saturated heterocycles. The van der Waals surface area contributed by atoms with E-state index in [2.05, 4.69) is 54.6 Å². The summed E-state index contributed by atoms with van der Waals surface area (Å²) in [5.41, 5.74) is 1.29. The van der Waals surface area contributed by atoms with Gasteiger partial charge in [-0.25, -0.2) is 0 Å². The molecular formula is C13H12. The van der Waals surface area contributed by atoms with Gasteiger partial charge in [0.1, 0.15) is 0 Å². The minimum absolute atomic E-state index is 1.29. The molecule has 2 aromatic carbocycles. The summed E-state index contributed by atoms with van der Waals surface area (Å²) in [5.74, 6) is 0. The van der Waals surface area contributed by atoms with Crippen LogP contribution in [0.5, 0.6) is 0 Å². The van der Waals surface area contributed by atoms with E-state index in [9.17, 15) is 0 Å². The maximum absolute atomic E-state index is 2.16. The average Bonchev–Trinajstić information content (AvgIpc) is 2.19. The van der Waals surface area contributed by atoms with Gasteiger partial charge in [0, 0.05) is 0 Å². The molecule has 0 amide bonds. The molecule has 0 aliphatic heterocycles. The second kappa shape index (κ2) is 3.44. The van der Waals surface area contributed by atoms with Crippen molar-refractivity contribution in [3.8, 4) is 0 Å². The largest absolute Gasteiger partial charge is 0.0870 e. The SMILES string of the molecule is CC=Cc1cccc2ccccc12. The Kier molecular flexibility index (Phi) is 2.13. The first-order valence-electron chi connectivity index (χ1n) is 4.52. The lowest BCUT2D eigenvalue weighted by Gasteiger charge is -2.00. The molecule has 0 spiro atoms. The van der Waals surface area contributed by atoms with Gasteiger partial charge >= 0.3 is 0 Å². The highest BCUT2D eigenvalue weighted by Crippen LogP contribution is 2.19. The Morgan fingerprint density at radius 3 is 2.54 bits per heavy atom. The molecule has 0 heterocycles. The highest BCUT2D eigenvalue weighted by Gasteiger charge is 1.94. The Hall–Kier alpha value is -1.56. The van der Waals surface area contributed by atoms with Crippen LogP contribution in [0.4, 0.5) is 0 Å². The minimum atomic E-state index is 1.29. The van der Waals surface area contributed by atoms with E-state index in [1.54, 1.807) is 0 Å². The zero-order valence-corrected chi connectivity index (χ0v) is 7.70. The maximum Gasteiger partial charge on any atom is -0.0112 e. The third kappa shape index (κ3) is 1.48. The van der Waals surface area contributed by atoms with E-state index in [0.717, 1.165) is 0 Å². The van der Waals surface area contributed by atoms with Crippen molar-refractivity contribution in [2.75, 3.05) is 0 Å². The van der Waals surface area contributed by atoms with Crippen molar-refractivity contribution in [3.05, 3.63) is 54.1 Å². The summed E-state index contributed by atoms with van der Waals surface area (Å²) in [5, 5.41) is 2.63. The van der Waals surface area contributed by atoms with Gasteiger partial charge in [0.05, 0.1) is 0 Å². The molecule has 0 radical (unpaired) electrons. The molecule has 2 rings (SSSR count). The van der Waals surface area contributed by atoms with Crippen molar-refractivity contribution < 1.29 is 0 Å². The van der Waals surface area contributed by atoms with Crippen LogP contribution in [-0.2, 0) is 0 Å². The fourth-order valence-corrected chi connectivity index (χ4v) is 1.58. The van der Waals surface area contributed by atoms with Crippen molar-refractivity contribution in [3.63, 3.8) is 0 Å². The summed E-state index contributed by atoms with van der Waals surface area (Å²) >= 11 is 0. The lowest BCUT2D eigenvalue weighted by atomic mass is 10.0. The molecular weight excluding hydrogens is 156 g/mol. The van der Waals surface area contributed by atoms with Gasteiger partial charge in [-0.05, 0) is 23.3 Å². The van der Waals surface area contributed by atoms with E-state index in [-0.39, 0.29) is 0 Å². The van der Waals surface area contributed by atoms with Crippen LogP contribution in [0.15, 0.2) is 48.5 Å². The topological polar surface area (TPSA) is 0 Å². The highest BCUT2D eigenvalue weighted by molar-refractivity contribution is 5.90. The average molecular weight is 168 g/mol. The van der Waals surface area contributed by atoms with Gasteiger partial charge in [0.25, 0.3) is 0 Å². The zero-order valence-electron chi connectivity index (χ0n) is 7.70. The molecule has 0 heteroatoms. The monoisotopic (exact) mass is 168 g/mol. The van der Waals surface area contributed by atoms with Crippen molar-refractivity contribution in [1.29, 1.82) is 0 Å². The smallest absolute Gasteiger partial charge is 0.0112 e. The van der Waals surface area contributed by atoms with Crippen LogP contribution >= 0.6 is 0 Å². The lowest BCUT2D eigenvalue weighted by Crippen LogP contribution is -1.76. The second-order valence-electron chi connectivity index (χ2n) is 3.07. The number of allylic oxidation sites excluding steroid dienone is 1. The summed E-state index contributed by atoms with van der Waals surface area (Å²) < 4.78 is 0. The van der Waals surface area contributed by atoms with Crippen molar-refractivity contribution in [2.24, 2.45) is 0 Å². The predicted octanol–water partition coefficient (Wildman–Crippen LogP) is 3.87. The molecule has 2 aromatic rings. The first kappa shape index (κ1) is 8.06. The third-order valence-electron chi connectivity index (χ3n) is 2.17. The summed E-state index contributed by atoms with van der Waals surface area (Å²) in [4.78, 5) is 0. The van der Waals surface area contributed by atoms with Gasteiger partial charge in [0.2, 0.25) is 0 Å². The Balaban J connectivity index is 2.75. The van der Waals surface area contributed by atoms with E-state index in [1.807, 2.05) is 6.92 Å². The number of hydrogen-bond donors (Lipinski definition) is 0. The van der Waals surface area contributed by atoms with E-state index < -0.39 is 0 Å². The molecule has 0 atom stereocenters. The lowest BCUT2D eigenvalue weighted by molar-refractivity contribution is 1.69. The highest BCUT2D eigenvalue weighted by atomic mass is 14.0. The first-order valence-corrected chi connectivity index (χ1v) is 4.52. The standard InChI is InChI=1S/C13H12/c1-2-6-11-8-5-9-12-7-3-4-10-13(11)12/h2-10H,1H3. The number of rotatable bonds is 1. The summed E-state index contributed by atoms with van der Waals surface area (Å²) in [6, 6.07) is 14.8. The van der Waals surface area contributed by atoms with Gasteiger partial charge in [-0.3, -0.25) is 0 Å². The molecule has 0 fully saturated rings. The normalized spacial score (nSPS) is 11.2. The van der Waals surface area contributed by atoms with E-state index in [4.69, 9.17) is 0 Å². The molecule has 0 bridgehead atoms. The predicted molar refractivity (Wildman–Crippen MR) is 58.7 cm³/mol. The molecule has 0 aliphatic rings. The summed E-state index contributed by atoms with van der Waals surface area (Å²) in [6.07, 6.45) is 4.21. The molecule has 0 unspecified atom stereocenters. The summed E-state index contributed by atoms with van der Waals surface area (Å²) in [7, 11) is 0. The quantitative estimate of drug-likeness (QED) is 0.606. The molecule has 0 aliphatic carbocycles. The fraction of sp³-hybridized carbons (Fsp3) is 0.0769.